The summed E-state index contributed by atoms with van der Waals surface area (Å²) in [5, 5.41) is 7.88. The predicted molar refractivity (Wildman–Crippen MR) is 156 cm³/mol. The molecule has 0 aromatic carbocycles. The average Bonchev–Trinajstić information content (AvgIpc) is 3.48. The lowest BCUT2D eigenvalue weighted by atomic mass is 9.98. The molecule has 0 radical (unpaired) electrons. The van der Waals surface area contributed by atoms with E-state index in [1.54, 1.807) is 26.2 Å². The number of rotatable bonds is 9. The smallest absolute Gasteiger partial charge is 0.314 e. The molecule has 4 heterocycles. The normalized spacial score (nSPS) is 24.0. The van der Waals surface area contributed by atoms with Crippen LogP contribution in [0.25, 0.3) is 0 Å². The quantitative estimate of drug-likeness (QED) is 0.103. The monoisotopic (exact) mass is 627 g/mol. The van der Waals surface area contributed by atoms with E-state index in [-0.39, 0.29) is 33.6 Å². The van der Waals surface area contributed by atoms with Gasteiger partial charge < -0.3 is 34.8 Å². The van der Waals surface area contributed by atoms with Gasteiger partial charge in [0.15, 0.2) is 16.6 Å². The van der Waals surface area contributed by atoms with Gasteiger partial charge in [-0.3, -0.25) is 19.3 Å². The highest BCUT2D eigenvalue weighted by Gasteiger charge is 2.54. The standard InChI is InChI=1S/C25H33N5O8S3/c1-24(2,3)22(33)36-11-35-21(39)17-12(7-13-8-37-25(4,5)38-13)9-40-20-16(19(32)30(17)20)28-18(31)15(29-34-6)14-10-41-23(26)27-14/h10,13,16,20H,7-9,11H2,1-6H3,(H2,26,27)(H,28,31)/b29-15-/t13?,16?,20-/m1/s1. The Hall–Kier alpha value is -2.79. The maximum absolute atomic E-state index is 13.5. The first-order chi connectivity index (χ1) is 19.2. The van der Waals surface area contributed by atoms with Crippen molar-refractivity contribution >= 4 is 69.0 Å². The number of amides is 2. The zero-order valence-corrected chi connectivity index (χ0v) is 26.0. The van der Waals surface area contributed by atoms with Crippen molar-refractivity contribution in [3.63, 3.8) is 0 Å². The number of carbonyl (C=O) groups is 3. The molecule has 13 nitrogen and oxygen atoms in total. The molecule has 0 bridgehead atoms. The molecule has 1 aromatic heterocycles. The lowest BCUT2D eigenvalue weighted by molar-refractivity contribution is -0.160. The van der Waals surface area contributed by atoms with Crippen LogP contribution in [0.5, 0.6) is 0 Å². The second kappa shape index (κ2) is 12.2. The number of fused-ring (bicyclic) bond motifs is 1. The summed E-state index contributed by atoms with van der Waals surface area (Å²) in [5.41, 5.74) is 6.33. The molecule has 2 amide bonds. The molecule has 224 valence electrons. The molecule has 3 aliphatic rings. The number of nitrogens with zero attached hydrogens (tertiary/aromatic N) is 3. The van der Waals surface area contributed by atoms with Crippen molar-refractivity contribution < 1.29 is 38.2 Å². The molecule has 2 unspecified atom stereocenters. The molecule has 16 heteroatoms. The average molecular weight is 628 g/mol. The van der Waals surface area contributed by atoms with Gasteiger partial charge in [0.1, 0.15) is 24.2 Å². The molecule has 0 saturated carbocycles. The van der Waals surface area contributed by atoms with Gasteiger partial charge in [-0.2, -0.15) is 0 Å². The second-order valence-corrected chi connectivity index (χ2v) is 13.3. The van der Waals surface area contributed by atoms with Crippen LogP contribution in [0.4, 0.5) is 5.13 Å². The maximum Gasteiger partial charge on any atom is 0.314 e. The van der Waals surface area contributed by atoms with Crippen molar-refractivity contribution in [3.8, 4) is 0 Å². The molecular formula is C25H33N5O8S3. The minimum absolute atomic E-state index is 0.00268. The Bertz CT molecular complexity index is 1290. The van der Waals surface area contributed by atoms with Gasteiger partial charge in [0.05, 0.1) is 23.8 Å². The summed E-state index contributed by atoms with van der Waals surface area (Å²) in [6, 6.07) is -0.867. The van der Waals surface area contributed by atoms with Crippen molar-refractivity contribution in [2.75, 3.05) is 32.0 Å². The summed E-state index contributed by atoms with van der Waals surface area (Å²) in [7, 11) is 1.30. The third kappa shape index (κ3) is 6.99. The van der Waals surface area contributed by atoms with Crippen molar-refractivity contribution in [1.82, 2.24) is 15.2 Å². The Labute approximate surface area is 251 Å². The van der Waals surface area contributed by atoms with E-state index in [1.165, 1.54) is 23.8 Å². The fraction of sp³-hybridized carbons (Fsp3) is 0.600. The van der Waals surface area contributed by atoms with E-state index < -0.39 is 41.3 Å². The highest BCUT2D eigenvalue weighted by Crippen LogP contribution is 2.43. The number of aromatic nitrogens is 1. The van der Waals surface area contributed by atoms with Crippen molar-refractivity contribution in [3.05, 3.63) is 22.3 Å². The zero-order valence-electron chi connectivity index (χ0n) is 23.5. The number of β-lactam (4-membered cyclic amide) rings is 1. The number of nitrogens with two attached hydrogens (primary N) is 1. The number of anilines is 1. The molecule has 4 rings (SSSR count). The summed E-state index contributed by atoms with van der Waals surface area (Å²) in [5.74, 6) is -1.72. The molecule has 3 aliphatic heterocycles. The van der Waals surface area contributed by atoms with Gasteiger partial charge in [0, 0.05) is 17.6 Å². The molecule has 0 aliphatic carbocycles. The number of hydrogen-bond acceptors (Lipinski definition) is 14. The van der Waals surface area contributed by atoms with Gasteiger partial charge in [0.25, 0.3) is 11.8 Å². The summed E-state index contributed by atoms with van der Waals surface area (Å²) < 4.78 is 22.5. The minimum atomic E-state index is -0.867. The van der Waals surface area contributed by atoms with Gasteiger partial charge in [-0.1, -0.05) is 5.16 Å². The maximum atomic E-state index is 13.5. The van der Waals surface area contributed by atoms with E-state index in [9.17, 15) is 14.4 Å². The molecule has 2 saturated heterocycles. The number of carbonyl (C=O) groups excluding carboxylic acids is 3. The van der Waals surface area contributed by atoms with Gasteiger partial charge in [0.2, 0.25) is 11.8 Å². The largest absolute Gasteiger partial charge is 0.445 e. The highest BCUT2D eigenvalue weighted by molar-refractivity contribution is 8.00. The Morgan fingerprint density at radius 3 is 2.66 bits per heavy atom. The number of thiazole rings is 1. The van der Waals surface area contributed by atoms with Gasteiger partial charge in [-0.05, 0) is 52.4 Å². The number of thiocarbonyl (C=S) groups is 1. The van der Waals surface area contributed by atoms with Crippen LogP contribution in [-0.4, -0.2) is 88.0 Å². The molecular weight excluding hydrogens is 595 g/mol. The summed E-state index contributed by atoms with van der Waals surface area (Å²) in [6.07, 6.45) is 0.194. The molecule has 1 aromatic rings. The van der Waals surface area contributed by atoms with Crippen LogP contribution in [0.2, 0.25) is 0 Å². The summed E-state index contributed by atoms with van der Waals surface area (Å²) in [4.78, 5) is 49.2. The van der Waals surface area contributed by atoms with Gasteiger partial charge in [-0.15, -0.1) is 23.1 Å². The number of thioether (sulfide) groups is 1. The second-order valence-electron chi connectivity index (χ2n) is 10.9. The lowest BCUT2D eigenvalue weighted by Crippen LogP contribution is -2.71. The van der Waals surface area contributed by atoms with Gasteiger partial charge in [-0.25, -0.2) is 4.98 Å². The predicted octanol–water partition coefficient (Wildman–Crippen LogP) is 2.16. The van der Waals surface area contributed by atoms with Crippen LogP contribution in [-0.2, 0) is 38.2 Å². The summed E-state index contributed by atoms with van der Waals surface area (Å²) >= 11 is 8.19. The Morgan fingerprint density at radius 1 is 1.34 bits per heavy atom. The number of nitrogens with one attached hydrogen (secondary N) is 1. The van der Waals surface area contributed by atoms with E-state index in [4.69, 9.17) is 41.7 Å². The van der Waals surface area contributed by atoms with Crippen molar-refractivity contribution in [2.45, 2.75) is 64.3 Å². The van der Waals surface area contributed by atoms with Crippen molar-refractivity contribution in [2.24, 2.45) is 10.6 Å². The van der Waals surface area contributed by atoms with Gasteiger partial charge >= 0.3 is 5.97 Å². The van der Waals surface area contributed by atoms with E-state index in [0.717, 1.165) is 16.9 Å². The number of esters is 1. The molecule has 41 heavy (non-hydrogen) atoms. The Kier molecular flexibility index (Phi) is 9.28. The molecule has 2 fully saturated rings. The topological polar surface area (TPSA) is 164 Å². The third-order valence-electron chi connectivity index (χ3n) is 6.22. The first-order valence-corrected chi connectivity index (χ1v) is 15.0. The fourth-order valence-electron chi connectivity index (χ4n) is 4.29. The van der Waals surface area contributed by atoms with E-state index >= 15 is 0 Å². The minimum Gasteiger partial charge on any atom is -0.445 e. The summed E-state index contributed by atoms with van der Waals surface area (Å²) in [6.45, 7) is 8.81. The first kappa shape index (κ1) is 31.2. The number of ether oxygens (including phenoxy) is 4. The zero-order chi connectivity index (χ0) is 30.1. The Morgan fingerprint density at radius 2 is 2.07 bits per heavy atom. The van der Waals surface area contributed by atoms with Crippen LogP contribution in [0.15, 0.2) is 21.8 Å². The fourth-order valence-corrected chi connectivity index (χ4v) is 6.49. The van der Waals surface area contributed by atoms with E-state index in [1.807, 2.05) is 13.8 Å². The van der Waals surface area contributed by atoms with Crippen molar-refractivity contribution in [1.29, 1.82) is 0 Å². The SMILES string of the molecule is CO/N=C(\C(=O)NC1C(=O)N2C(C(=S)OCOC(=O)C(C)(C)C)=C(CC3COC(C)(C)O3)CS[C@H]12)c1csc(N)n1. The third-order valence-corrected chi connectivity index (χ3v) is 8.55. The number of nitrogen functional groups attached to an aromatic ring is 1. The number of hydrogen-bond donors (Lipinski definition) is 2. The van der Waals surface area contributed by atoms with E-state index in [2.05, 4.69) is 15.5 Å². The van der Waals surface area contributed by atoms with Crippen LogP contribution < -0.4 is 11.1 Å². The lowest BCUT2D eigenvalue weighted by Gasteiger charge is -2.50. The van der Waals surface area contributed by atoms with Crippen LogP contribution in [0.1, 0.15) is 46.7 Å². The number of oxime groups is 1. The van der Waals surface area contributed by atoms with Crippen LogP contribution in [0.3, 0.4) is 0 Å². The van der Waals surface area contributed by atoms with Crippen LogP contribution >= 0.6 is 35.3 Å². The van der Waals surface area contributed by atoms with E-state index in [0.29, 0.717) is 24.5 Å². The first-order valence-electron chi connectivity index (χ1n) is 12.7. The Balaban J connectivity index is 1.52. The molecule has 3 N–H and O–H groups in total. The molecule has 0 spiro atoms. The molecule has 3 atom stereocenters. The van der Waals surface area contributed by atoms with Crippen LogP contribution in [0, 0.1) is 5.41 Å². The highest BCUT2D eigenvalue weighted by atomic mass is 32.2.